The first kappa shape index (κ1) is 19.3. The minimum atomic E-state index is -0.784. The van der Waals surface area contributed by atoms with E-state index in [9.17, 15) is 9.59 Å². The molecule has 5 nitrogen and oxygen atoms in total. The second-order valence-corrected chi connectivity index (χ2v) is 7.83. The van der Waals surface area contributed by atoms with Gasteiger partial charge in [0.15, 0.2) is 0 Å². The first-order valence-electron chi connectivity index (χ1n) is 8.87. The summed E-state index contributed by atoms with van der Waals surface area (Å²) in [5.74, 6) is 0.904. The van der Waals surface area contributed by atoms with Crippen LogP contribution in [0.1, 0.15) is 34.6 Å². The second kappa shape index (κ2) is 8.48. The molecule has 0 aromatic heterocycles. The summed E-state index contributed by atoms with van der Waals surface area (Å²) in [4.78, 5) is 23.3. The van der Waals surface area contributed by atoms with E-state index in [4.69, 9.17) is 9.84 Å². The van der Waals surface area contributed by atoms with Crippen molar-refractivity contribution in [2.24, 2.45) is 0 Å². The molecule has 0 saturated carbocycles. The number of hydrogen-bond donors (Lipinski definition) is 2. The quantitative estimate of drug-likeness (QED) is 0.701. The zero-order valence-electron chi connectivity index (χ0n) is 15.5. The maximum absolute atomic E-state index is 12.8. The van der Waals surface area contributed by atoms with Gasteiger partial charge in [-0.3, -0.25) is 9.59 Å². The number of rotatable bonds is 7. The lowest BCUT2D eigenvalue weighted by atomic mass is 9.96. The summed E-state index contributed by atoms with van der Waals surface area (Å²) in [6, 6.07) is 11.7. The molecule has 6 heteroatoms. The van der Waals surface area contributed by atoms with E-state index in [2.05, 4.69) is 5.32 Å². The lowest BCUT2D eigenvalue weighted by Gasteiger charge is -2.12. The molecule has 27 heavy (non-hydrogen) atoms. The Balaban J connectivity index is 1.63. The maximum atomic E-state index is 12.8. The fraction of sp³-hybridized carbons (Fsp3) is 0.333. The third-order valence-corrected chi connectivity index (χ3v) is 5.68. The first-order chi connectivity index (χ1) is 12.9. The number of carboxylic acid groups (broad SMARTS) is 1. The van der Waals surface area contributed by atoms with E-state index in [0.29, 0.717) is 18.1 Å². The topological polar surface area (TPSA) is 75.6 Å². The number of fused-ring (bicyclic) bond motifs is 1. The Bertz CT molecular complexity index is 865. The van der Waals surface area contributed by atoms with Crippen LogP contribution in [0.3, 0.4) is 0 Å². The van der Waals surface area contributed by atoms with Crippen LogP contribution in [0.2, 0.25) is 0 Å². The van der Waals surface area contributed by atoms with Crippen molar-refractivity contribution in [1.82, 2.24) is 0 Å². The van der Waals surface area contributed by atoms with Crippen molar-refractivity contribution < 1.29 is 19.4 Å². The van der Waals surface area contributed by atoms with Crippen molar-refractivity contribution in [1.29, 1.82) is 0 Å². The number of aliphatic carboxylic acids is 1. The molecule has 142 valence electrons. The first-order valence-corrected chi connectivity index (χ1v) is 10.0. The number of benzene rings is 2. The van der Waals surface area contributed by atoms with Gasteiger partial charge in [0.2, 0.25) is 5.91 Å². The molecule has 1 atom stereocenters. The number of aryl methyl sites for hydroxylation is 2. The molecule has 2 aromatic rings. The molecule has 1 amide bonds. The van der Waals surface area contributed by atoms with Gasteiger partial charge >= 0.3 is 5.97 Å². The molecular weight excluding hydrogens is 362 g/mol. The summed E-state index contributed by atoms with van der Waals surface area (Å²) in [6.45, 7) is 4.43. The van der Waals surface area contributed by atoms with Gasteiger partial charge in [0.1, 0.15) is 18.3 Å². The van der Waals surface area contributed by atoms with Crippen molar-refractivity contribution in [3.8, 4) is 5.75 Å². The van der Waals surface area contributed by atoms with Gasteiger partial charge in [-0.15, -0.1) is 0 Å². The number of anilines is 1. The number of carbonyl (C=O) groups excluding carboxylic acids is 1. The summed E-state index contributed by atoms with van der Waals surface area (Å²) in [6.07, 6.45) is 0.154. The van der Waals surface area contributed by atoms with Crippen LogP contribution in [0, 0.1) is 13.8 Å². The maximum Gasteiger partial charge on any atom is 0.304 e. The molecule has 2 N–H and O–H groups in total. The highest BCUT2D eigenvalue weighted by Gasteiger charge is 2.31. The third-order valence-electron chi connectivity index (χ3n) is 4.65. The van der Waals surface area contributed by atoms with Gasteiger partial charge in [-0.1, -0.05) is 18.2 Å². The van der Waals surface area contributed by atoms with Crippen LogP contribution in [-0.2, 0) is 15.3 Å². The summed E-state index contributed by atoms with van der Waals surface area (Å²) in [7, 11) is 0. The van der Waals surface area contributed by atoms with Crippen LogP contribution >= 0.6 is 11.8 Å². The van der Waals surface area contributed by atoms with Crippen LogP contribution in [-0.4, -0.2) is 29.3 Å². The minimum Gasteiger partial charge on any atom is -0.492 e. The number of nitrogens with one attached hydrogen (secondary N) is 1. The van der Waals surface area contributed by atoms with Crippen LogP contribution in [0.4, 0.5) is 5.69 Å². The number of carboxylic acids is 1. The highest BCUT2D eigenvalue weighted by molar-refractivity contribution is 7.98. The Morgan fingerprint density at radius 2 is 2.00 bits per heavy atom. The van der Waals surface area contributed by atoms with Gasteiger partial charge < -0.3 is 15.2 Å². The predicted octanol–water partition coefficient (Wildman–Crippen LogP) is 4.13. The average molecular weight is 385 g/mol. The molecule has 0 aliphatic carbocycles. The van der Waals surface area contributed by atoms with Gasteiger partial charge in [-0.25, -0.2) is 0 Å². The van der Waals surface area contributed by atoms with E-state index in [1.807, 2.05) is 50.2 Å². The highest BCUT2D eigenvalue weighted by atomic mass is 32.2. The van der Waals surface area contributed by atoms with Crippen molar-refractivity contribution in [3.63, 3.8) is 0 Å². The summed E-state index contributed by atoms with van der Waals surface area (Å²) >= 11 is 1.57. The van der Waals surface area contributed by atoms with Crippen molar-refractivity contribution in [2.75, 3.05) is 17.7 Å². The van der Waals surface area contributed by atoms with Crippen molar-refractivity contribution >= 4 is 29.3 Å². The van der Waals surface area contributed by atoms with Gasteiger partial charge in [0.25, 0.3) is 0 Å². The van der Waals surface area contributed by atoms with E-state index >= 15 is 0 Å². The van der Waals surface area contributed by atoms with Gasteiger partial charge in [0, 0.05) is 22.8 Å². The SMILES string of the molecule is Cc1cc2c(cc1C)C(C(=O)Nc1cccc(CSCCC(=O)O)c1)CO2. The van der Waals surface area contributed by atoms with Gasteiger partial charge in [0.05, 0.1) is 6.42 Å². The lowest BCUT2D eigenvalue weighted by Crippen LogP contribution is -2.22. The predicted molar refractivity (Wildman–Crippen MR) is 108 cm³/mol. The molecule has 3 rings (SSSR count). The molecule has 0 spiro atoms. The Labute approximate surface area is 163 Å². The normalized spacial score (nSPS) is 15.1. The fourth-order valence-electron chi connectivity index (χ4n) is 3.01. The zero-order valence-corrected chi connectivity index (χ0v) is 16.3. The van der Waals surface area contributed by atoms with E-state index in [1.54, 1.807) is 11.8 Å². The molecule has 0 fully saturated rings. The van der Waals surface area contributed by atoms with E-state index in [1.165, 1.54) is 0 Å². The molecule has 1 heterocycles. The summed E-state index contributed by atoms with van der Waals surface area (Å²) in [5, 5.41) is 11.7. The monoisotopic (exact) mass is 385 g/mol. The Morgan fingerprint density at radius 1 is 1.22 bits per heavy atom. The van der Waals surface area contributed by atoms with Crippen LogP contribution in [0.5, 0.6) is 5.75 Å². The molecule has 1 aliphatic rings. The fourth-order valence-corrected chi connectivity index (χ4v) is 3.89. The van der Waals surface area contributed by atoms with Crippen molar-refractivity contribution in [2.45, 2.75) is 31.9 Å². The molecule has 0 radical (unpaired) electrons. The average Bonchev–Trinajstić information content (AvgIpc) is 3.02. The summed E-state index contributed by atoms with van der Waals surface area (Å²) < 4.78 is 5.70. The molecule has 0 bridgehead atoms. The van der Waals surface area contributed by atoms with Crippen molar-refractivity contribution in [3.05, 3.63) is 58.7 Å². The highest BCUT2D eigenvalue weighted by Crippen LogP contribution is 2.36. The number of ether oxygens (including phenoxy) is 1. The van der Waals surface area contributed by atoms with Crippen LogP contribution in [0.25, 0.3) is 0 Å². The lowest BCUT2D eigenvalue weighted by molar-refractivity contribution is -0.136. The smallest absolute Gasteiger partial charge is 0.304 e. The number of amides is 1. The molecular formula is C21H23NO4S. The standard InChI is InChI=1S/C21H23NO4S/c1-13-8-17-18(11-26-19(17)9-14(13)2)21(25)22-16-5-3-4-15(10-16)12-27-7-6-20(23)24/h3-5,8-10,18H,6-7,11-12H2,1-2H3,(H,22,25)(H,23,24). The van der Waals surface area contributed by atoms with Gasteiger partial charge in [-0.05, 0) is 48.7 Å². The number of thioether (sulfide) groups is 1. The molecule has 1 unspecified atom stereocenters. The van der Waals surface area contributed by atoms with E-state index < -0.39 is 5.97 Å². The number of carbonyl (C=O) groups is 2. The molecule has 1 aliphatic heterocycles. The Kier molecular flexibility index (Phi) is 6.06. The Hall–Kier alpha value is -2.47. The summed E-state index contributed by atoms with van der Waals surface area (Å²) in [5.41, 5.74) is 5.04. The Morgan fingerprint density at radius 3 is 2.78 bits per heavy atom. The van der Waals surface area contributed by atoms with E-state index in [0.717, 1.165) is 33.7 Å². The molecule has 0 saturated heterocycles. The van der Waals surface area contributed by atoms with Crippen LogP contribution < -0.4 is 10.1 Å². The minimum absolute atomic E-state index is 0.0762. The van der Waals surface area contributed by atoms with Crippen LogP contribution in [0.15, 0.2) is 36.4 Å². The largest absolute Gasteiger partial charge is 0.492 e. The second-order valence-electron chi connectivity index (χ2n) is 6.72. The number of hydrogen-bond acceptors (Lipinski definition) is 4. The van der Waals surface area contributed by atoms with E-state index in [-0.39, 0.29) is 18.2 Å². The zero-order chi connectivity index (χ0) is 19.4. The molecule has 2 aromatic carbocycles. The third kappa shape index (κ3) is 4.83. The van der Waals surface area contributed by atoms with Gasteiger partial charge in [-0.2, -0.15) is 11.8 Å².